The smallest absolute Gasteiger partial charge is 0.125 e. The van der Waals surface area contributed by atoms with Gasteiger partial charge in [0.1, 0.15) is 5.82 Å². The van der Waals surface area contributed by atoms with Crippen molar-refractivity contribution in [2.45, 2.75) is 65.3 Å². The molecule has 3 nitrogen and oxygen atoms in total. The second kappa shape index (κ2) is 4.35. The van der Waals surface area contributed by atoms with Gasteiger partial charge in [-0.3, -0.25) is 0 Å². The molecule has 2 rings (SSSR count). The van der Waals surface area contributed by atoms with Crippen LogP contribution in [0.15, 0.2) is 0 Å². The molecule has 0 radical (unpaired) electrons. The van der Waals surface area contributed by atoms with Crippen LogP contribution in [0.3, 0.4) is 0 Å². The van der Waals surface area contributed by atoms with Crippen LogP contribution in [0.2, 0.25) is 0 Å². The van der Waals surface area contributed by atoms with E-state index in [1.54, 1.807) is 0 Å². The number of aromatic nitrogens is 2. The molecule has 0 unspecified atom stereocenters. The van der Waals surface area contributed by atoms with Gasteiger partial charge in [0.15, 0.2) is 0 Å². The summed E-state index contributed by atoms with van der Waals surface area (Å²) in [4.78, 5) is 0. The van der Waals surface area contributed by atoms with Gasteiger partial charge in [0.25, 0.3) is 0 Å². The molecule has 1 heterocycles. The number of aryl methyl sites for hydroxylation is 2. The largest absolute Gasteiger partial charge is 0.384 e. The van der Waals surface area contributed by atoms with E-state index in [4.69, 9.17) is 10.8 Å². The third kappa shape index (κ3) is 2.33. The van der Waals surface area contributed by atoms with Gasteiger partial charge >= 0.3 is 0 Å². The molecule has 0 saturated carbocycles. The SMILES string of the molecule is CC(C)CCn1nc2c(c1N)C(C)(C)CCC2. The average Bonchev–Trinajstić information content (AvgIpc) is 2.53. The first-order valence-corrected chi connectivity index (χ1v) is 6.77. The van der Waals surface area contributed by atoms with Gasteiger partial charge in [0.05, 0.1) is 5.69 Å². The highest BCUT2D eigenvalue weighted by Gasteiger charge is 2.33. The van der Waals surface area contributed by atoms with Gasteiger partial charge in [-0.25, -0.2) is 4.68 Å². The predicted octanol–water partition coefficient (Wildman–Crippen LogP) is 3.13. The topological polar surface area (TPSA) is 43.8 Å². The fraction of sp³-hybridized carbons (Fsp3) is 0.786. The minimum Gasteiger partial charge on any atom is -0.384 e. The fourth-order valence-electron chi connectivity index (χ4n) is 2.81. The van der Waals surface area contributed by atoms with E-state index >= 15 is 0 Å². The summed E-state index contributed by atoms with van der Waals surface area (Å²) in [5, 5.41) is 4.71. The van der Waals surface area contributed by atoms with Crippen molar-refractivity contribution < 1.29 is 0 Å². The van der Waals surface area contributed by atoms with Crippen LogP contribution in [0.4, 0.5) is 5.82 Å². The summed E-state index contributed by atoms with van der Waals surface area (Å²) in [6.45, 7) is 10.0. The van der Waals surface area contributed by atoms with Crippen LogP contribution in [-0.2, 0) is 18.4 Å². The first-order chi connectivity index (χ1) is 7.92. The van der Waals surface area contributed by atoms with Crippen LogP contribution in [0, 0.1) is 5.92 Å². The molecule has 96 valence electrons. The van der Waals surface area contributed by atoms with Gasteiger partial charge in [-0.15, -0.1) is 0 Å². The molecular weight excluding hydrogens is 210 g/mol. The number of hydrogen-bond acceptors (Lipinski definition) is 2. The van der Waals surface area contributed by atoms with E-state index in [2.05, 4.69) is 27.7 Å². The molecule has 0 atom stereocenters. The van der Waals surface area contributed by atoms with Crippen molar-refractivity contribution in [3.63, 3.8) is 0 Å². The summed E-state index contributed by atoms with van der Waals surface area (Å²) in [6.07, 6.45) is 4.70. The second-order valence-electron chi connectivity index (χ2n) is 6.35. The lowest BCUT2D eigenvalue weighted by Crippen LogP contribution is -2.24. The lowest BCUT2D eigenvalue weighted by Gasteiger charge is -2.29. The number of hydrogen-bond donors (Lipinski definition) is 1. The standard InChI is InChI=1S/C14H25N3/c1-10(2)7-9-17-13(15)12-11(16-17)6-5-8-14(12,3)4/h10H,5-9,15H2,1-4H3. The van der Waals surface area contributed by atoms with Crippen molar-refractivity contribution in [2.75, 3.05) is 5.73 Å². The fourth-order valence-corrected chi connectivity index (χ4v) is 2.81. The molecule has 3 heteroatoms. The number of fused-ring (bicyclic) bond motifs is 1. The summed E-state index contributed by atoms with van der Waals surface area (Å²) in [5.41, 5.74) is 9.04. The maximum atomic E-state index is 6.29. The molecule has 1 aromatic heterocycles. The van der Waals surface area contributed by atoms with Crippen molar-refractivity contribution in [2.24, 2.45) is 5.92 Å². The summed E-state index contributed by atoms with van der Waals surface area (Å²) in [7, 11) is 0. The molecule has 1 aliphatic rings. The van der Waals surface area contributed by atoms with Gasteiger partial charge in [-0.05, 0) is 37.0 Å². The number of rotatable bonds is 3. The molecule has 1 aliphatic carbocycles. The molecule has 0 bridgehead atoms. The van der Waals surface area contributed by atoms with Gasteiger partial charge in [-0.2, -0.15) is 5.10 Å². The predicted molar refractivity (Wildman–Crippen MR) is 72.1 cm³/mol. The highest BCUT2D eigenvalue weighted by atomic mass is 15.3. The number of nitrogen functional groups attached to an aromatic ring is 1. The van der Waals surface area contributed by atoms with E-state index < -0.39 is 0 Å². The third-order valence-corrected chi connectivity index (χ3v) is 3.87. The summed E-state index contributed by atoms with van der Waals surface area (Å²) in [5.74, 6) is 1.61. The van der Waals surface area contributed by atoms with E-state index in [9.17, 15) is 0 Å². The van der Waals surface area contributed by atoms with Crippen molar-refractivity contribution in [3.8, 4) is 0 Å². The molecule has 0 fully saturated rings. The van der Waals surface area contributed by atoms with Crippen LogP contribution in [0.25, 0.3) is 0 Å². The molecule has 0 amide bonds. The van der Waals surface area contributed by atoms with Gasteiger partial charge in [-0.1, -0.05) is 27.7 Å². The quantitative estimate of drug-likeness (QED) is 0.874. The third-order valence-electron chi connectivity index (χ3n) is 3.87. The Morgan fingerprint density at radius 3 is 2.71 bits per heavy atom. The Labute approximate surface area is 104 Å². The van der Waals surface area contributed by atoms with Crippen LogP contribution >= 0.6 is 0 Å². The van der Waals surface area contributed by atoms with Crippen LogP contribution < -0.4 is 5.73 Å². The second-order valence-corrected chi connectivity index (χ2v) is 6.35. The van der Waals surface area contributed by atoms with E-state index in [-0.39, 0.29) is 5.41 Å². The monoisotopic (exact) mass is 235 g/mol. The van der Waals surface area contributed by atoms with E-state index in [1.807, 2.05) is 4.68 Å². The normalized spacial score (nSPS) is 18.4. The Bertz CT molecular complexity index is 402. The average molecular weight is 235 g/mol. The minimum absolute atomic E-state index is 0.202. The molecule has 17 heavy (non-hydrogen) atoms. The zero-order valence-corrected chi connectivity index (χ0v) is 11.6. The van der Waals surface area contributed by atoms with Gasteiger partial charge in [0.2, 0.25) is 0 Å². The van der Waals surface area contributed by atoms with Crippen molar-refractivity contribution >= 4 is 5.82 Å². The van der Waals surface area contributed by atoms with Gasteiger partial charge < -0.3 is 5.73 Å². The summed E-state index contributed by atoms with van der Waals surface area (Å²) < 4.78 is 2.03. The molecule has 0 saturated heterocycles. The highest BCUT2D eigenvalue weighted by Crippen LogP contribution is 2.39. The maximum absolute atomic E-state index is 6.29. The molecule has 2 N–H and O–H groups in total. The molecule has 0 spiro atoms. The summed E-state index contributed by atoms with van der Waals surface area (Å²) >= 11 is 0. The Balaban J connectivity index is 2.29. The van der Waals surface area contributed by atoms with E-state index in [0.29, 0.717) is 5.92 Å². The zero-order chi connectivity index (χ0) is 12.6. The van der Waals surface area contributed by atoms with Crippen LogP contribution in [0.5, 0.6) is 0 Å². The molecule has 0 aliphatic heterocycles. The summed E-state index contributed by atoms with van der Waals surface area (Å²) in [6, 6.07) is 0. The molecule has 0 aromatic carbocycles. The lowest BCUT2D eigenvalue weighted by molar-refractivity contribution is 0.431. The Morgan fingerprint density at radius 2 is 2.12 bits per heavy atom. The van der Waals surface area contributed by atoms with Crippen molar-refractivity contribution in [3.05, 3.63) is 11.3 Å². The van der Waals surface area contributed by atoms with Crippen LogP contribution in [-0.4, -0.2) is 9.78 Å². The zero-order valence-electron chi connectivity index (χ0n) is 11.6. The first-order valence-electron chi connectivity index (χ1n) is 6.77. The Kier molecular flexibility index (Phi) is 3.19. The number of anilines is 1. The van der Waals surface area contributed by atoms with Gasteiger partial charge in [0, 0.05) is 12.1 Å². The molecule has 1 aromatic rings. The minimum atomic E-state index is 0.202. The van der Waals surface area contributed by atoms with E-state index in [0.717, 1.165) is 25.2 Å². The Hall–Kier alpha value is -0.990. The lowest BCUT2D eigenvalue weighted by atomic mass is 9.75. The first kappa shape index (κ1) is 12.5. The number of nitrogens with zero attached hydrogens (tertiary/aromatic N) is 2. The maximum Gasteiger partial charge on any atom is 0.125 e. The van der Waals surface area contributed by atoms with Crippen molar-refractivity contribution in [1.82, 2.24) is 9.78 Å². The van der Waals surface area contributed by atoms with Crippen molar-refractivity contribution in [1.29, 1.82) is 0 Å². The van der Waals surface area contributed by atoms with E-state index in [1.165, 1.54) is 24.1 Å². The van der Waals surface area contributed by atoms with Crippen LogP contribution in [0.1, 0.15) is 58.2 Å². The number of nitrogens with two attached hydrogens (primary N) is 1. The molecular formula is C14H25N3. The Morgan fingerprint density at radius 1 is 1.41 bits per heavy atom. The highest BCUT2D eigenvalue weighted by molar-refractivity contribution is 5.49.